The number of aliphatic hydroxyl groups is 1. The van der Waals surface area contributed by atoms with Crippen LogP contribution in [-0.2, 0) is 0 Å². The van der Waals surface area contributed by atoms with Gasteiger partial charge >= 0.3 is 12.2 Å². The summed E-state index contributed by atoms with van der Waals surface area (Å²) >= 11 is 6.97. The highest BCUT2D eigenvalue weighted by molar-refractivity contribution is 7.12. The number of carbonyl (C=O) groups excluding carboxylic acids is 2. The van der Waals surface area contributed by atoms with Crippen LogP contribution in [0.5, 0.6) is 5.75 Å². The van der Waals surface area contributed by atoms with Crippen LogP contribution < -0.4 is 15.4 Å². The van der Waals surface area contributed by atoms with Crippen LogP contribution in [-0.4, -0.2) is 35.9 Å². The maximum atomic E-state index is 13.8. The number of amides is 2. The van der Waals surface area contributed by atoms with Gasteiger partial charge in [0.25, 0.3) is 0 Å². The Kier molecular flexibility index (Phi) is 5.30. The van der Waals surface area contributed by atoms with Crippen LogP contribution in [0.25, 0.3) is 0 Å². The predicted octanol–water partition coefficient (Wildman–Crippen LogP) is 3.51. The zero-order valence-corrected chi connectivity index (χ0v) is 15.8. The van der Waals surface area contributed by atoms with Gasteiger partial charge in [0.1, 0.15) is 11.7 Å². The zero-order chi connectivity index (χ0) is 20.7. The Labute approximate surface area is 166 Å². The van der Waals surface area contributed by atoms with Gasteiger partial charge in [-0.15, -0.1) is 11.3 Å². The Hall–Kier alpha value is -2.30. The Balaban J connectivity index is 2.22. The summed E-state index contributed by atoms with van der Waals surface area (Å²) in [5, 5.41) is 15.8. The number of rotatable bonds is 4. The fourth-order valence-electron chi connectivity index (χ4n) is 3.16. The number of thiophene rings is 1. The minimum atomic E-state index is -5.33. The van der Waals surface area contributed by atoms with E-state index in [1.54, 1.807) is 0 Å². The van der Waals surface area contributed by atoms with Gasteiger partial charge < -0.3 is 20.5 Å². The molecule has 28 heavy (non-hydrogen) atoms. The molecule has 6 nitrogen and oxygen atoms in total. The highest BCUT2D eigenvalue weighted by atomic mass is 35.5. The van der Waals surface area contributed by atoms with Gasteiger partial charge in [0.2, 0.25) is 5.72 Å². The fraction of sp³-hybridized carbons (Fsp3) is 0.294. The molecule has 1 aromatic carbocycles. The van der Waals surface area contributed by atoms with Crippen molar-refractivity contribution in [1.82, 2.24) is 10.6 Å². The number of ether oxygens (including phenoxy) is 1. The van der Waals surface area contributed by atoms with Crippen molar-refractivity contribution in [3.8, 4) is 5.75 Å². The minimum Gasteiger partial charge on any atom is -0.495 e. The second-order valence-electron chi connectivity index (χ2n) is 6.02. The molecule has 1 aromatic heterocycles. The van der Waals surface area contributed by atoms with Crippen LogP contribution in [0.3, 0.4) is 0 Å². The summed E-state index contributed by atoms with van der Waals surface area (Å²) in [5.74, 6) is -3.13. The van der Waals surface area contributed by atoms with Crippen molar-refractivity contribution in [3.63, 3.8) is 0 Å². The quantitative estimate of drug-likeness (QED) is 0.643. The SMILES string of the molecule is COc1c(Cl)cccc1[C@@H]1NC(=O)N[C@@](O)(C(F)(F)F)[C@@H]1C(=O)c1cccs1. The molecule has 0 bridgehead atoms. The molecule has 0 radical (unpaired) electrons. The molecular formula is C17H14ClF3N2O4S. The lowest BCUT2D eigenvalue weighted by Gasteiger charge is -2.45. The molecule has 2 amide bonds. The molecular weight excluding hydrogens is 421 g/mol. The number of benzene rings is 1. The molecule has 150 valence electrons. The van der Waals surface area contributed by atoms with Crippen molar-refractivity contribution >= 4 is 34.8 Å². The summed E-state index contributed by atoms with van der Waals surface area (Å²) in [6, 6.07) is 4.24. The monoisotopic (exact) mass is 434 g/mol. The van der Waals surface area contributed by atoms with Gasteiger partial charge in [0.15, 0.2) is 5.78 Å². The number of methoxy groups -OCH3 is 1. The van der Waals surface area contributed by atoms with Gasteiger partial charge in [0.05, 0.1) is 23.1 Å². The van der Waals surface area contributed by atoms with E-state index in [2.05, 4.69) is 5.32 Å². The number of hydrogen-bond donors (Lipinski definition) is 3. The first-order valence-corrected chi connectivity index (χ1v) is 9.13. The molecule has 3 atom stereocenters. The number of ketones is 1. The Morgan fingerprint density at radius 3 is 2.61 bits per heavy atom. The fourth-order valence-corrected chi connectivity index (χ4v) is 4.12. The van der Waals surface area contributed by atoms with Crippen molar-refractivity contribution in [3.05, 3.63) is 51.2 Å². The highest BCUT2D eigenvalue weighted by Gasteiger charge is 2.66. The molecule has 3 rings (SSSR count). The van der Waals surface area contributed by atoms with Gasteiger partial charge in [-0.3, -0.25) is 4.79 Å². The van der Waals surface area contributed by atoms with Gasteiger partial charge in [-0.1, -0.05) is 29.8 Å². The van der Waals surface area contributed by atoms with E-state index in [-0.39, 0.29) is 21.2 Å². The van der Waals surface area contributed by atoms with Gasteiger partial charge in [0, 0.05) is 5.56 Å². The number of alkyl halides is 3. The smallest absolute Gasteiger partial charge is 0.437 e. The number of urea groups is 1. The summed E-state index contributed by atoms with van der Waals surface area (Å²) in [6.45, 7) is 0. The van der Waals surface area contributed by atoms with Crippen LogP contribution in [0.4, 0.5) is 18.0 Å². The van der Waals surface area contributed by atoms with Crippen LogP contribution in [0.2, 0.25) is 5.02 Å². The van der Waals surface area contributed by atoms with Crippen LogP contribution in [0.1, 0.15) is 21.3 Å². The third-order valence-corrected chi connectivity index (χ3v) is 5.57. The van der Waals surface area contributed by atoms with E-state index < -0.39 is 35.7 Å². The van der Waals surface area contributed by atoms with Crippen molar-refractivity contribution in [2.45, 2.75) is 17.9 Å². The largest absolute Gasteiger partial charge is 0.495 e. The third kappa shape index (κ3) is 3.31. The van der Waals surface area contributed by atoms with Crippen LogP contribution in [0, 0.1) is 5.92 Å². The average molecular weight is 435 g/mol. The molecule has 1 aliphatic rings. The number of para-hydroxylation sites is 1. The van der Waals surface area contributed by atoms with Crippen molar-refractivity contribution in [1.29, 1.82) is 0 Å². The highest BCUT2D eigenvalue weighted by Crippen LogP contribution is 2.46. The van der Waals surface area contributed by atoms with Gasteiger partial charge in [-0.25, -0.2) is 4.79 Å². The number of carbonyl (C=O) groups is 2. The molecule has 1 aliphatic heterocycles. The third-order valence-electron chi connectivity index (χ3n) is 4.39. The summed E-state index contributed by atoms with van der Waals surface area (Å²) in [6.07, 6.45) is -5.33. The van der Waals surface area contributed by atoms with Crippen LogP contribution >= 0.6 is 22.9 Å². The first-order valence-electron chi connectivity index (χ1n) is 7.88. The Morgan fingerprint density at radius 2 is 2.04 bits per heavy atom. The molecule has 1 fully saturated rings. The summed E-state index contributed by atoms with van der Waals surface area (Å²) in [7, 11) is 1.25. The summed E-state index contributed by atoms with van der Waals surface area (Å²) < 4.78 is 46.6. The second-order valence-corrected chi connectivity index (χ2v) is 7.38. The first kappa shape index (κ1) is 20.4. The molecule has 0 aliphatic carbocycles. The second kappa shape index (κ2) is 7.26. The number of hydrogen-bond acceptors (Lipinski definition) is 5. The van der Waals surface area contributed by atoms with E-state index in [1.165, 1.54) is 48.1 Å². The van der Waals surface area contributed by atoms with Gasteiger partial charge in [-0.2, -0.15) is 13.2 Å². The first-order chi connectivity index (χ1) is 13.1. The number of nitrogens with one attached hydrogen (secondary N) is 2. The predicted molar refractivity (Wildman–Crippen MR) is 95.6 cm³/mol. The van der Waals surface area contributed by atoms with Gasteiger partial charge in [-0.05, 0) is 17.5 Å². The summed E-state index contributed by atoms with van der Waals surface area (Å²) in [4.78, 5) is 25.0. The van der Waals surface area contributed by atoms with E-state index >= 15 is 0 Å². The van der Waals surface area contributed by atoms with E-state index in [0.717, 1.165) is 11.3 Å². The Morgan fingerprint density at radius 1 is 1.32 bits per heavy atom. The lowest BCUT2D eigenvalue weighted by molar-refractivity contribution is -0.287. The normalized spacial score (nSPS) is 25.0. The molecule has 2 heterocycles. The molecule has 0 unspecified atom stereocenters. The summed E-state index contributed by atoms with van der Waals surface area (Å²) in [5.41, 5.74) is -3.77. The number of Topliss-reactive ketones (excluding diaryl/α,β-unsaturated/α-hetero) is 1. The maximum Gasteiger partial charge on any atom is 0.437 e. The molecule has 1 saturated heterocycles. The maximum absolute atomic E-state index is 13.8. The lowest BCUT2D eigenvalue weighted by atomic mass is 9.78. The molecule has 2 aromatic rings. The molecule has 0 spiro atoms. The number of halogens is 4. The zero-order valence-electron chi connectivity index (χ0n) is 14.2. The van der Waals surface area contributed by atoms with Crippen LogP contribution in [0.15, 0.2) is 35.7 Å². The van der Waals surface area contributed by atoms with E-state index in [9.17, 15) is 27.9 Å². The molecule has 11 heteroatoms. The van der Waals surface area contributed by atoms with Crippen molar-refractivity contribution < 1.29 is 32.6 Å². The van der Waals surface area contributed by atoms with E-state index in [4.69, 9.17) is 16.3 Å². The topological polar surface area (TPSA) is 87.7 Å². The minimum absolute atomic E-state index is 0.00313. The van der Waals surface area contributed by atoms with Crippen molar-refractivity contribution in [2.24, 2.45) is 5.92 Å². The van der Waals surface area contributed by atoms with E-state index in [0.29, 0.717) is 0 Å². The van der Waals surface area contributed by atoms with E-state index in [1.807, 2.05) is 0 Å². The standard InChI is InChI=1S/C17H14ClF3N2O4S/c1-27-14-8(4-2-5-9(14)18)12-11(13(24)10-6-3-7-28-10)16(26,17(19,20)21)23-15(25)22-12/h2-7,11-12,26H,1H3,(H2,22,23,25)/t11-,12-,16-/m0/s1. The molecule has 0 saturated carbocycles. The molecule has 3 N–H and O–H groups in total. The average Bonchev–Trinajstić information content (AvgIpc) is 3.14. The Bertz CT molecular complexity index is 906. The lowest BCUT2D eigenvalue weighted by Crippen LogP contribution is -2.72. The van der Waals surface area contributed by atoms with Crippen molar-refractivity contribution in [2.75, 3.05) is 7.11 Å².